The van der Waals surface area contributed by atoms with E-state index in [1.807, 2.05) is 6.20 Å². The summed E-state index contributed by atoms with van der Waals surface area (Å²) in [5.41, 5.74) is 4.09. The normalized spacial score (nSPS) is 19.1. The number of aromatic nitrogens is 2. The number of fused-ring (bicyclic) bond motifs is 1. The molecule has 0 bridgehead atoms. The SMILES string of the molecule is c1ccc(C[NH+]2Cc3cn[nH]c3C2)cc1. The van der Waals surface area contributed by atoms with E-state index in [-0.39, 0.29) is 0 Å². The lowest BCUT2D eigenvalue weighted by atomic mass is 10.2. The van der Waals surface area contributed by atoms with E-state index in [0.29, 0.717) is 0 Å². The fraction of sp³-hybridized carbons (Fsp3) is 0.250. The van der Waals surface area contributed by atoms with Crippen molar-refractivity contribution in [1.29, 1.82) is 0 Å². The number of rotatable bonds is 2. The molecule has 0 saturated carbocycles. The molecular weight excluding hydrogens is 186 g/mol. The molecule has 2 heterocycles. The predicted octanol–water partition coefficient (Wildman–Crippen LogP) is 0.508. The quantitative estimate of drug-likeness (QED) is 0.727. The predicted molar refractivity (Wildman–Crippen MR) is 57.1 cm³/mol. The molecule has 1 aliphatic heterocycles. The van der Waals surface area contributed by atoms with E-state index in [4.69, 9.17) is 0 Å². The molecule has 0 radical (unpaired) electrons. The zero-order valence-corrected chi connectivity index (χ0v) is 8.53. The number of nitrogens with zero attached hydrogens (tertiary/aromatic N) is 1. The van der Waals surface area contributed by atoms with Crippen LogP contribution in [0.25, 0.3) is 0 Å². The molecule has 76 valence electrons. The highest BCUT2D eigenvalue weighted by Gasteiger charge is 2.23. The number of nitrogens with one attached hydrogen (secondary N) is 2. The van der Waals surface area contributed by atoms with Crippen molar-refractivity contribution in [2.75, 3.05) is 0 Å². The van der Waals surface area contributed by atoms with E-state index in [1.165, 1.54) is 16.8 Å². The first kappa shape index (κ1) is 8.68. The summed E-state index contributed by atoms with van der Waals surface area (Å²) in [4.78, 5) is 1.59. The van der Waals surface area contributed by atoms with Gasteiger partial charge in [0.15, 0.2) is 0 Å². The first-order chi connectivity index (χ1) is 7.42. The van der Waals surface area contributed by atoms with Crippen molar-refractivity contribution in [2.45, 2.75) is 19.6 Å². The van der Waals surface area contributed by atoms with Gasteiger partial charge in [-0.2, -0.15) is 5.10 Å². The van der Waals surface area contributed by atoms with Gasteiger partial charge in [0.2, 0.25) is 0 Å². The number of H-pyrrole nitrogens is 1. The molecule has 3 heteroatoms. The van der Waals surface area contributed by atoms with Crippen LogP contribution in [-0.4, -0.2) is 10.2 Å². The number of benzene rings is 1. The summed E-state index contributed by atoms with van der Waals surface area (Å²) in [6.45, 7) is 3.27. The third-order valence-electron chi connectivity index (χ3n) is 2.97. The van der Waals surface area contributed by atoms with Gasteiger partial charge in [0.25, 0.3) is 0 Å². The Morgan fingerprint density at radius 3 is 2.87 bits per heavy atom. The molecule has 3 nitrogen and oxygen atoms in total. The highest BCUT2D eigenvalue weighted by Crippen LogP contribution is 2.07. The number of hydrogen-bond acceptors (Lipinski definition) is 1. The van der Waals surface area contributed by atoms with Crippen molar-refractivity contribution in [3.63, 3.8) is 0 Å². The average Bonchev–Trinajstić information content (AvgIpc) is 2.79. The largest absolute Gasteiger partial charge is 0.322 e. The van der Waals surface area contributed by atoms with Crippen LogP contribution in [0.5, 0.6) is 0 Å². The minimum absolute atomic E-state index is 1.07. The lowest BCUT2D eigenvalue weighted by Gasteiger charge is -2.11. The molecule has 1 atom stereocenters. The summed E-state index contributed by atoms with van der Waals surface area (Å²) in [6.07, 6.45) is 1.95. The van der Waals surface area contributed by atoms with E-state index in [1.54, 1.807) is 4.90 Å². The Bertz CT molecular complexity index is 426. The third-order valence-corrected chi connectivity index (χ3v) is 2.97. The molecule has 0 spiro atoms. The highest BCUT2D eigenvalue weighted by molar-refractivity contribution is 5.17. The van der Waals surface area contributed by atoms with Gasteiger partial charge in [-0.1, -0.05) is 30.3 Å². The van der Waals surface area contributed by atoms with Crippen molar-refractivity contribution in [1.82, 2.24) is 10.2 Å². The summed E-state index contributed by atoms with van der Waals surface area (Å²) >= 11 is 0. The van der Waals surface area contributed by atoms with Crippen LogP contribution >= 0.6 is 0 Å². The summed E-state index contributed by atoms with van der Waals surface area (Å²) in [5.74, 6) is 0. The summed E-state index contributed by atoms with van der Waals surface area (Å²) in [6, 6.07) is 10.7. The maximum absolute atomic E-state index is 4.05. The van der Waals surface area contributed by atoms with Gasteiger partial charge >= 0.3 is 0 Å². The fourth-order valence-electron chi connectivity index (χ4n) is 2.23. The first-order valence-corrected chi connectivity index (χ1v) is 5.30. The summed E-state index contributed by atoms with van der Waals surface area (Å²) < 4.78 is 0. The van der Waals surface area contributed by atoms with Gasteiger partial charge in [0, 0.05) is 5.56 Å². The smallest absolute Gasteiger partial charge is 0.120 e. The third kappa shape index (κ3) is 1.66. The lowest BCUT2D eigenvalue weighted by Crippen LogP contribution is -3.06. The number of aromatic amines is 1. The van der Waals surface area contributed by atoms with Crippen LogP contribution in [0.1, 0.15) is 16.8 Å². The molecule has 1 aliphatic rings. The van der Waals surface area contributed by atoms with Crippen molar-refractivity contribution < 1.29 is 4.90 Å². The maximum atomic E-state index is 4.05. The highest BCUT2D eigenvalue weighted by atomic mass is 15.2. The Labute approximate surface area is 88.7 Å². The van der Waals surface area contributed by atoms with Gasteiger partial charge in [0.1, 0.15) is 19.6 Å². The van der Waals surface area contributed by atoms with Crippen LogP contribution in [-0.2, 0) is 19.6 Å². The molecule has 3 rings (SSSR count). The topological polar surface area (TPSA) is 33.1 Å². The Balaban J connectivity index is 1.70. The molecule has 1 aromatic heterocycles. The zero-order chi connectivity index (χ0) is 10.1. The van der Waals surface area contributed by atoms with Crippen LogP contribution in [0.3, 0.4) is 0 Å². The summed E-state index contributed by atoms with van der Waals surface area (Å²) in [7, 11) is 0. The van der Waals surface area contributed by atoms with E-state index in [2.05, 4.69) is 40.5 Å². The second-order valence-electron chi connectivity index (χ2n) is 4.14. The van der Waals surface area contributed by atoms with Crippen LogP contribution < -0.4 is 4.90 Å². The zero-order valence-electron chi connectivity index (χ0n) is 8.53. The fourth-order valence-corrected chi connectivity index (χ4v) is 2.23. The minimum atomic E-state index is 1.07. The van der Waals surface area contributed by atoms with E-state index < -0.39 is 0 Å². The molecular formula is C12H14N3+. The monoisotopic (exact) mass is 200 g/mol. The molecule has 1 aromatic carbocycles. The van der Waals surface area contributed by atoms with Crippen LogP contribution in [0, 0.1) is 0 Å². The molecule has 0 fully saturated rings. The van der Waals surface area contributed by atoms with Gasteiger partial charge in [-0.3, -0.25) is 5.10 Å². The van der Waals surface area contributed by atoms with E-state index in [9.17, 15) is 0 Å². The van der Waals surface area contributed by atoms with Gasteiger partial charge in [0.05, 0.1) is 17.5 Å². The van der Waals surface area contributed by atoms with Crippen molar-refractivity contribution in [3.8, 4) is 0 Å². The van der Waals surface area contributed by atoms with Crippen LogP contribution in [0.15, 0.2) is 36.5 Å². The van der Waals surface area contributed by atoms with E-state index >= 15 is 0 Å². The minimum Gasteiger partial charge on any atom is -0.322 e. The van der Waals surface area contributed by atoms with Crippen molar-refractivity contribution in [3.05, 3.63) is 53.3 Å². The molecule has 0 aliphatic carbocycles. The second-order valence-corrected chi connectivity index (χ2v) is 4.14. The Hall–Kier alpha value is -1.61. The Morgan fingerprint density at radius 2 is 2.07 bits per heavy atom. The second kappa shape index (κ2) is 3.51. The van der Waals surface area contributed by atoms with Crippen LogP contribution in [0.2, 0.25) is 0 Å². The van der Waals surface area contributed by atoms with Crippen molar-refractivity contribution in [2.24, 2.45) is 0 Å². The standard InChI is InChI=1S/C12H13N3/c1-2-4-10(5-3-1)7-15-8-11-6-13-14-12(11)9-15/h1-6H,7-9H2,(H,13,14)/p+1. The lowest BCUT2D eigenvalue weighted by molar-refractivity contribution is -0.934. The Morgan fingerprint density at radius 1 is 1.20 bits per heavy atom. The molecule has 0 amide bonds. The maximum Gasteiger partial charge on any atom is 0.120 e. The summed E-state index contributed by atoms with van der Waals surface area (Å²) in [5, 5.41) is 7.11. The van der Waals surface area contributed by atoms with Gasteiger partial charge in [-0.25, -0.2) is 0 Å². The molecule has 0 saturated heterocycles. The van der Waals surface area contributed by atoms with Crippen LogP contribution in [0.4, 0.5) is 0 Å². The van der Waals surface area contributed by atoms with Gasteiger partial charge in [-0.05, 0) is 0 Å². The first-order valence-electron chi connectivity index (χ1n) is 5.30. The molecule has 15 heavy (non-hydrogen) atoms. The van der Waals surface area contributed by atoms with Crippen molar-refractivity contribution >= 4 is 0 Å². The van der Waals surface area contributed by atoms with Gasteiger partial charge in [-0.15, -0.1) is 0 Å². The molecule has 1 unspecified atom stereocenters. The van der Waals surface area contributed by atoms with Gasteiger partial charge < -0.3 is 4.90 Å². The average molecular weight is 200 g/mol. The van der Waals surface area contributed by atoms with E-state index in [0.717, 1.165) is 19.6 Å². The molecule has 2 N–H and O–H groups in total. The Kier molecular flexibility index (Phi) is 2.03. The molecule has 2 aromatic rings. The number of hydrogen-bond donors (Lipinski definition) is 2. The number of quaternary nitrogens is 1.